The third kappa shape index (κ3) is 4.30. The van der Waals surface area contributed by atoms with E-state index in [-0.39, 0.29) is 12.4 Å². The average Bonchev–Trinajstić information content (AvgIpc) is 2.77. The zero-order chi connectivity index (χ0) is 19.9. The molecule has 0 aromatic heterocycles. The van der Waals surface area contributed by atoms with E-state index in [4.69, 9.17) is 19.5 Å². The molecule has 3 rings (SSSR count). The number of rotatable bonds is 7. The first-order chi connectivity index (χ1) is 13.6. The lowest BCUT2D eigenvalue weighted by Gasteiger charge is -2.11. The molecular formula is C23H19NO4. The number of hydrogen-bond donors (Lipinski definition) is 0. The average molecular weight is 373 g/mol. The van der Waals surface area contributed by atoms with Crippen LogP contribution in [0.15, 0.2) is 66.7 Å². The number of nitriles is 1. The number of carbonyl (C=O) groups excluding carboxylic acids is 1. The van der Waals surface area contributed by atoms with E-state index in [2.05, 4.69) is 6.07 Å². The molecule has 3 aromatic carbocycles. The van der Waals surface area contributed by atoms with Crippen LogP contribution < -0.4 is 14.2 Å². The molecule has 0 saturated heterocycles. The highest BCUT2D eigenvalue weighted by molar-refractivity contribution is 6.00. The van der Waals surface area contributed by atoms with Gasteiger partial charge >= 0.3 is 0 Å². The van der Waals surface area contributed by atoms with Crippen molar-refractivity contribution < 1.29 is 19.0 Å². The Morgan fingerprint density at radius 3 is 2.04 bits per heavy atom. The number of methoxy groups -OCH3 is 2. The van der Waals surface area contributed by atoms with Crippen LogP contribution >= 0.6 is 0 Å². The van der Waals surface area contributed by atoms with Crippen molar-refractivity contribution in [3.8, 4) is 34.4 Å². The highest BCUT2D eigenvalue weighted by atomic mass is 16.5. The van der Waals surface area contributed by atoms with Crippen LogP contribution in [-0.2, 0) is 0 Å². The quantitative estimate of drug-likeness (QED) is 0.570. The second-order valence-corrected chi connectivity index (χ2v) is 5.99. The lowest BCUT2D eigenvalue weighted by Crippen LogP contribution is -2.12. The van der Waals surface area contributed by atoms with Crippen molar-refractivity contribution in [1.82, 2.24) is 0 Å². The molecule has 0 bridgehead atoms. The van der Waals surface area contributed by atoms with Crippen molar-refractivity contribution in [2.75, 3.05) is 20.8 Å². The van der Waals surface area contributed by atoms with Crippen molar-refractivity contribution in [3.05, 3.63) is 77.9 Å². The van der Waals surface area contributed by atoms with Crippen LogP contribution in [0.1, 0.15) is 15.9 Å². The zero-order valence-corrected chi connectivity index (χ0v) is 15.6. The standard InChI is InChI=1S/C23H19NO4/c1-26-20-11-12-21(23(13-20)27-2)22(25)15-28-19-9-7-18(8-10-19)17-5-3-16(14-24)4-6-17/h3-13H,15H2,1-2H3. The van der Waals surface area contributed by atoms with Crippen LogP contribution in [0.25, 0.3) is 11.1 Å². The second kappa shape index (κ2) is 8.74. The molecule has 5 nitrogen and oxygen atoms in total. The van der Waals surface area contributed by atoms with Gasteiger partial charge in [-0.3, -0.25) is 4.79 Å². The number of carbonyl (C=O) groups is 1. The topological polar surface area (TPSA) is 68.5 Å². The highest BCUT2D eigenvalue weighted by Gasteiger charge is 2.14. The maximum Gasteiger partial charge on any atom is 0.203 e. The largest absolute Gasteiger partial charge is 0.497 e. The van der Waals surface area contributed by atoms with Crippen LogP contribution in [0, 0.1) is 11.3 Å². The molecule has 3 aromatic rings. The van der Waals surface area contributed by atoms with Gasteiger partial charge in [-0.2, -0.15) is 5.26 Å². The Morgan fingerprint density at radius 1 is 0.857 bits per heavy atom. The maximum atomic E-state index is 12.5. The third-order valence-electron chi connectivity index (χ3n) is 4.28. The minimum absolute atomic E-state index is 0.0983. The lowest BCUT2D eigenvalue weighted by atomic mass is 10.0. The van der Waals surface area contributed by atoms with Gasteiger partial charge < -0.3 is 14.2 Å². The first-order valence-corrected chi connectivity index (χ1v) is 8.63. The molecule has 0 atom stereocenters. The fraction of sp³-hybridized carbons (Fsp3) is 0.130. The number of ketones is 1. The molecule has 0 N–H and O–H groups in total. The van der Waals surface area contributed by atoms with Crippen LogP contribution in [0.4, 0.5) is 0 Å². The Kier molecular flexibility index (Phi) is 5.93. The zero-order valence-electron chi connectivity index (χ0n) is 15.6. The van der Waals surface area contributed by atoms with Gasteiger partial charge in [-0.05, 0) is 47.5 Å². The summed E-state index contributed by atoms with van der Waals surface area (Å²) in [5, 5.41) is 8.87. The number of nitrogens with zero attached hydrogens (tertiary/aromatic N) is 1. The molecule has 0 heterocycles. The Hall–Kier alpha value is -3.78. The number of hydrogen-bond acceptors (Lipinski definition) is 5. The van der Waals surface area contributed by atoms with Crippen molar-refractivity contribution in [2.45, 2.75) is 0 Å². The molecule has 0 fully saturated rings. The first-order valence-electron chi connectivity index (χ1n) is 8.63. The smallest absolute Gasteiger partial charge is 0.203 e. The van der Waals surface area contributed by atoms with Gasteiger partial charge in [0.15, 0.2) is 6.61 Å². The van der Waals surface area contributed by atoms with Crippen molar-refractivity contribution in [3.63, 3.8) is 0 Å². The fourth-order valence-corrected chi connectivity index (χ4v) is 2.74. The van der Waals surface area contributed by atoms with Crippen LogP contribution in [0.3, 0.4) is 0 Å². The molecule has 28 heavy (non-hydrogen) atoms. The summed E-state index contributed by atoms with van der Waals surface area (Å²) in [6.07, 6.45) is 0. The Labute approximate surface area is 163 Å². The summed E-state index contributed by atoms with van der Waals surface area (Å²) in [6, 6.07) is 21.9. The Morgan fingerprint density at radius 2 is 1.46 bits per heavy atom. The number of benzene rings is 3. The Balaban J connectivity index is 1.66. The fourth-order valence-electron chi connectivity index (χ4n) is 2.74. The summed E-state index contributed by atoms with van der Waals surface area (Å²) in [6.45, 7) is -0.0983. The van der Waals surface area contributed by atoms with E-state index in [0.29, 0.717) is 28.4 Å². The lowest BCUT2D eigenvalue weighted by molar-refractivity contribution is 0.0918. The van der Waals surface area contributed by atoms with Gasteiger partial charge in [-0.25, -0.2) is 0 Å². The summed E-state index contributed by atoms with van der Waals surface area (Å²) in [7, 11) is 3.06. The molecule has 0 amide bonds. The number of ether oxygens (including phenoxy) is 3. The molecule has 5 heteroatoms. The minimum atomic E-state index is -0.185. The van der Waals surface area contributed by atoms with E-state index in [9.17, 15) is 4.79 Å². The normalized spacial score (nSPS) is 10.0. The van der Waals surface area contributed by atoms with Crippen LogP contribution in [-0.4, -0.2) is 26.6 Å². The number of Topliss-reactive ketones (excluding diaryl/α,β-unsaturated/α-hetero) is 1. The molecule has 0 saturated carbocycles. The van der Waals surface area contributed by atoms with Gasteiger partial charge in [-0.15, -0.1) is 0 Å². The van der Waals surface area contributed by atoms with Crippen molar-refractivity contribution >= 4 is 5.78 Å². The van der Waals surface area contributed by atoms with Crippen molar-refractivity contribution in [1.29, 1.82) is 5.26 Å². The molecule has 0 aliphatic rings. The van der Waals surface area contributed by atoms with Gasteiger partial charge in [-0.1, -0.05) is 24.3 Å². The van der Waals surface area contributed by atoms with Crippen LogP contribution in [0.2, 0.25) is 0 Å². The molecule has 0 aliphatic carbocycles. The summed E-state index contributed by atoms with van der Waals surface area (Å²) in [5.74, 6) is 1.48. The highest BCUT2D eigenvalue weighted by Crippen LogP contribution is 2.26. The molecular weight excluding hydrogens is 354 g/mol. The SMILES string of the molecule is COc1ccc(C(=O)COc2ccc(-c3ccc(C#N)cc3)cc2)c(OC)c1. The predicted molar refractivity (Wildman–Crippen MR) is 106 cm³/mol. The van der Waals surface area contributed by atoms with E-state index in [0.717, 1.165) is 11.1 Å². The summed E-state index contributed by atoms with van der Waals surface area (Å²) < 4.78 is 16.0. The van der Waals surface area contributed by atoms with E-state index >= 15 is 0 Å². The van der Waals surface area contributed by atoms with Gasteiger partial charge in [0.2, 0.25) is 5.78 Å². The summed E-state index contributed by atoms with van der Waals surface area (Å²) >= 11 is 0. The minimum Gasteiger partial charge on any atom is -0.497 e. The molecule has 140 valence electrons. The second-order valence-electron chi connectivity index (χ2n) is 5.99. The van der Waals surface area contributed by atoms with Gasteiger partial charge in [0.05, 0.1) is 31.4 Å². The molecule has 0 spiro atoms. The van der Waals surface area contributed by atoms with Gasteiger partial charge in [0.25, 0.3) is 0 Å². The molecule has 0 radical (unpaired) electrons. The monoisotopic (exact) mass is 373 g/mol. The molecule has 0 unspecified atom stereocenters. The third-order valence-corrected chi connectivity index (χ3v) is 4.28. The van der Waals surface area contributed by atoms with Crippen molar-refractivity contribution in [2.24, 2.45) is 0 Å². The molecule has 0 aliphatic heterocycles. The predicted octanol–water partition coefficient (Wildman–Crippen LogP) is 4.50. The van der Waals surface area contributed by atoms with Gasteiger partial charge in [0.1, 0.15) is 17.2 Å². The Bertz CT molecular complexity index is 1000. The van der Waals surface area contributed by atoms with Crippen LogP contribution in [0.5, 0.6) is 17.2 Å². The van der Waals surface area contributed by atoms with E-state index in [1.165, 1.54) is 7.11 Å². The van der Waals surface area contributed by atoms with E-state index in [1.807, 2.05) is 36.4 Å². The summed E-state index contributed by atoms with van der Waals surface area (Å²) in [5.41, 5.74) is 3.07. The maximum absolute atomic E-state index is 12.5. The first kappa shape index (κ1) is 19.0. The van der Waals surface area contributed by atoms with Gasteiger partial charge in [0, 0.05) is 6.07 Å². The van der Waals surface area contributed by atoms with E-state index in [1.54, 1.807) is 37.4 Å². The van der Waals surface area contributed by atoms with E-state index < -0.39 is 0 Å². The summed E-state index contributed by atoms with van der Waals surface area (Å²) in [4.78, 5) is 12.5.